The van der Waals surface area contributed by atoms with E-state index in [1.165, 1.54) is 31.2 Å². The van der Waals surface area contributed by atoms with E-state index in [1.54, 1.807) is 13.8 Å². The van der Waals surface area contributed by atoms with Crippen LogP contribution in [-0.2, 0) is 16.3 Å². The number of ether oxygens (including phenoxy) is 1. The van der Waals surface area contributed by atoms with Gasteiger partial charge in [-0.2, -0.15) is 8.78 Å². The molecule has 0 bridgehead atoms. The number of rotatable bonds is 8. The first kappa shape index (κ1) is 26.3. The van der Waals surface area contributed by atoms with Gasteiger partial charge in [0.2, 0.25) is 0 Å². The number of aliphatic hydroxyl groups is 1. The van der Waals surface area contributed by atoms with Gasteiger partial charge in [-0.25, -0.2) is 12.8 Å². The lowest BCUT2D eigenvalue weighted by molar-refractivity contribution is -0.0496. The van der Waals surface area contributed by atoms with Gasteiger partial charge in [-0.3, -0.25) is 9.69 Å². The van der Waals surface area contributed by atoms with Crippen molar-refractivity contribution in [3.05, 3.63) is 70.8 Å². The van der Waals surface area contributed by atoms with Crippen molar-refractivity contribution in [1.29, 1.82) is 0 Å². The molecule has 0 aliphatic heterocycles. The number of aryl methyl sites for hydroxylation is 2. The maximum atomic E-state index is 13.9. The Bertz CT molecular complexity index is 1350. The van der Waals surface area contributed by atoms with Crippen LogP contribution in [0.1, 0.15) is 34.2 Å². The summed E-state index contributed by atoms with van der Waals surface area (Å²) in [6.45, 7) is 1.47. The Labute approximate surface area is 201 Å². The third-order valence-corrected chi connectivity index (χ3v) is 6.47. The molecule has 188 valence electrons. The van der Waals surface area contributed by atoms with Crippen LogP contribution in [0.15, 0.2) is 47.4 Å². The molecule has 0 fully saturated rings. The van der Waals surface area contributed by atoms with E-state index in [4.69, 9.17) is 0 Å². The molecule has 11 heteroatoms. The van der Waals surface area contributed by atoms with E-state index in [1.807, 2.05) is 0 Å². The summed E-state index contributed by atoms with van der Waals surface area (Å²) in [5.41, 5.74) is 1.52. The third kappa shape index (κ3) is 6.04. The fourth-order valence-electron chi connectivity index (χ4n) is 3.82. The van der Waals surface area contributed by atoms with Crippen molar-refractivity contribution >= 4 is 27.1 Å². The van der Waals surface area contributed by atoms with Crippen LogP contribution in [0.2, 0.25) is 0 Å². The predicted molar refractivity (Wildman–Crippen MR) is 125 cm³/mol. The van der Waals surface area contributed by atoms with Crippen LogP contribution >= 0.6 is 0 Å². The number of anilines is 2. The van der Waals surface area contributed by atoms with Crippen molar-refractivity contribution in [2.45, 2.75) is 44.8 Å². The summed E-state index contributed by atoms with van der Waals surface area (Å²) in [7, 11) is -3.56. The highest BCUT2D eigenvalue weighted by Crippen LogP contribution is 2.38. The molecule has 1 amide bonds. The molecule has 3 rings (SSSR count). The van der Waals surface area contributed by atoms with Crippen molar-refractivity contribution in [2.75, 3.05) is 11.2 Å². The normalized spacial score (nSPS) is 12.6. The minimum atomic E-state index is -3.56. The topological polar surface area (TPSA) is 99.7 Å². The van der Waals surface area contributed by atoms with Crippen molar-refractivity contribution in [2.24, 2.45) is 0 Å². The van der Waals surface area contributed by atoms with Crippen LogP contribution in [0.4, 0.5) is 24.5 Å². The number of nitrogens with zero attached hydrogens (tertiary/aromatic N) is 1. The molecule has 1 atom stereocenters. The minimum absolute atomic E-state index is 0.0360. The van der Waals surface area contributed by atoms with Gasteiger partial charge in [0.1, 0.15) is 5.82 Å². The Morgan fingerprint density at radius 2 is 1.83 bits per heavy atom. The molecule has 1 heterocycles. The molecule has 0 saturated heterocycles. The summed E-state index contributed by atoms with van der Waals surface area (Å²) in [6, 6.07) is 8.48. The van der Waals surface area contributed by atoms with Crippen molar-refractivity contribution in [1.82, 2.24) is 4.98 Å². The van der Waals surface area contributed by atoms with E-state index in [0.29, 0.717) is 17.0 Å². The SMILES string of the molecule is Cc1cc(N(C(=O)c2cc(C[C@H](C)O)[nH]c2C)c2ccc(F)cc2OC(F)F)ccc1S(C)(=O)=O. The molecule has 7 nitrogen and oxygen atoms in total. The molecular formula is C24H25F3N2O5S. The number of hydrogen-bond acceptors (Lipinski definition) is 5. The Morgan fingerprint density at radius 1 is 1.14 bits per heavy atom. The molecule has 0 saturated carbocycles. The number of benzene rings is 2. The summed E-state index contributed by atoms with van der Waals surface area (Å²) in [4.78, 5) is 17.9. The van der Waals surface area contributed by atoms with E-state index in [0.717, 1.165) is 29.4 Å². The molecule has 2 N–H and O–H groups in total. The summed E-state index contributed by atoms with van der Waals surface area (Å²) in [5.74, 6) is -2.08. The van der Waals surface area contributed by atoms with E-state index in [9.17, 15) is 31.5 Å². The summed E-state index contributed by atoms with van der Waals surface area (Å²) < 4.78 is 68.8. The van der Waals surface area contributed by atoms with Crippen LogP contribution in [0, 0.1) is 19.7 Å². The number of aromatic nitrogens is 1. The van der Waals surface area contributed by atoms with E-state index >= 15 is 0 Å². The smallest absolute Gasteiger partial charge is 0.387 e. The third-order valence-electron chi connectivity index (χ3n) is 5.21. The van der Waals surface area contributed by atoms with Crippen molar-refractivity contribution in [3.8, 4) is 5.75 Å². The van der Waals surface area contributed by atoms with Gasteiger partial charge in [0.15, 0.2) is 15.6 Å². The zero-order valence-corrected chi connectivity index (χ0v) is 20.3. The molecular weight excluding hydrogens is 485 g/mol. The number of carbonyl (C=O) groups excluding carboxylic acids is 1. The van der Waals surface area contributed by atoms with Crippen LogP contribution < -0.4 is 9.64 Å². The monoisotopic (exact) mass is 510 g/mol. The second kappa shape index (κ2) is 10.1. The summed E-state index contributed by atoms with van der Waals surface area (Å²) >= 11 is 0. The first-order valence-electron chi connectivity index (χ1n) is 10.5. The summed E-state index contributed by atoms with van der Waals surface area (Å²) in [5, 5.41) is 9.69. The average molecular weight is 511 g/mol. The number of sulfone groups is 1. The molecule has 35 heavy (non-hydrogen) atoms. The maximum absolute atomic E-state index is 13.9. The number of amides is 1. The lowest BCUT2D eigenvalue weighted by Crippen LogP contribution is -2.27. The number of halogens is 3. The molecule has 0 aliphatic rings. The van der Waals surface area contributed by atoms with Gasteiger partial charge < -0.3 is 14.8 Å². The highest BCUT2D eigenvalue weighted by atomic mass is 32.2. The van der Waals surface area contributed by atoms with Gasteiger partial charge in [-0.05, 0) is 62.7 Å². The molecule has 2 aromatic carbocycles. The van der Waals surface area contributed by atoms with Gasteiger partial charge >= 0.3 is 6.61 Å². The fourth-order valence-corrected chi connectivity index (χ4v) is 4.77. The van der Waals surface area contributed by atoms with Gasteiger partial charge in [-0.1, -0.05) is 0 Å². The number of hydrogen-bond donors (Lipinski definition) is 2. The van der Waals surface area contributed by atoms with Crippen LogP contribution in [0.3, 0.4) is 0 Å². The molecule has 0 radical (unpaired) electrons. The van der Waals surface area contributed by atoms with Gasteiger partial charge in [0.25, 0.3) is 5.91 Å². The zero-order valence-electron chi connectivity index (χ0n) is 19.5. The molecule has 1 aromatic heterocycles. The Balaban J connectivity index is 2.23. The first-order valence-corrected chi connectivity index (χ1v) is 12.4. The second-order valence-electron chi connectivity index (χ2n) is 8.24. The molecule has 3 aromatic rings. The largest absolute Gasteiger partial charge is 0.432 e. The quantitative estimate of drug-likeness (QED) is 0.459. The lowest BCUT2D eigenvalue weighted by Gasteiger charge is -2.26. The number of carbonyl (C=O) groups is 1. The lowest BCUT2D eigenvalue weighted by atomic mass is 10.1. The fraction of sp³-hybridized carbons (Fsp3) is 0.292. The number of aromatic amines is 1. The van der Waals surface area contributed by atoms with Crippen LogP contribution in [0.25, 0.3) is 0 Å². The second-order valence-corrected chi connectivity index (χ2v) is 10.2. The average Bonchev–Trinajstić information content (AvgIpc) is 3.07. The highest BCUT2D eigenvalue weighted by Gasteiger charge is 2.28. The number of alkyl halides is 2. The number of H-pyrrole nitrogens is 1. The molecule has 0 aliphatic carbocycles. The predicted octanol–water partition coefficient (Wildman–Crippen LogP) is 4.68. The zero-order chi connectivity index (χ0) is 26.1. The van der Waals surface area contributed by atoms with Gasteiger partial charge in [0, 0.05) is 35.8 Å². The van der Waals surface area contributed by atoms with Crippen LogP contribution in [0.5, 0.6) is 5.75 Å². The van der Waals surface area contributed by atoms with E-state index < -0.39 is 40.0 Å². The maximum Gasteiger partial charge on any atom is 0.387 e. The molecule has 0 unspecified atom stereocenters. The van der Waals surface area contributed by atoms with Gasteiger partial charge in [-0.15, -0.1) is 0 Å². The standard InChI is InChI=1S/C24H25F3N2O5S/c1-13-9-18(6-8-22(13)35(4,32)33)29(20-7-5-16(25)11-21(20)34-24(26)27)23(31)19-12-17(10-14(2)30)28-15(19)3/h5-9,11-12,14,24,28,30H,10H2,1-4H3/t14-/m0/s1. The first-order chi connectivity index (χ1) is 16.3. The van der Waals surface area contributed by atoms with Crippen molar-refractivity contribution in [3.63, 3.8) is 0 Å². The minimum Gasteiger partial charge on any atom is -0.432 e. The van der Waals surface area contributed by atoms with E-state index in [-0.39, 0.29) is 28.3 Å². The van der Waals surface area contributed by atoms with E-state index in [2.05, 4.69) is 9.72 Å². The molecule has 0 spiro atoms. The number of nitrogens with one attached hydrogen (secondary N) is 1. The Kier molecular flexibility index (Phi) is 7.61. The highest BCUT2D eigenvalue weighted by molar-refractivity contribution is 7.90. The van der Waals surface area contributed by atoms with Crippen LogP contribution in [-0.4, -0.2) is 43.4 Å². The summed E-state index contributed by atoms with van der Waals surface area (Å²) in [6.07, 6.45) is 0.604. The Morgan fingerprint density at radius 3 is 2.40 bits per heavy atom. The van der Waals surface area contributed by atoms with Gasteiger partial charge in [0.05, 0.1) is 22.3 Å². The Hall–Kier alpha value is -3.31. The van der Waals surface area contributed by atoms with Crippen molar-refractivity contribution < 1.29 is 36.2 Å². The number of aliphatic hydroxyl groups excluding tert-OH is 1.